The molecule has 0 unspecified atom stereocenters. The molecule has 0 aliphatic carbocycles. The normalized spacial score (nSPS) is 11.2. The monoisotopic (exact) mass is 265 g/mol. The summed E-state index contributed by atoms with van der Waals surface area (Å²) in [6, 6.07) is 3.85. The molecule has 0 N–H and O–H groups in total. The first-order valence-corrected chi connectivity index (χ1v) is 6.40. The lowest BCUT2D eigenvalue weighted by molar-refractivity contribution is 0.425. The summed E-state index contributed by atoms with van der Waals surface area (Å²) in [5.74, 6) is 1.66. The van der Waals surface area contributed by atoms with Gasteiger partial charge in [-0.2, -0.15) is 4.98 Å². The average Bonchev–Trinajstić information content (AvgIpc) is 2.73. The molecule has 0 saturated carbocycles. The van der Waals surface area contributed by atoms with Gasteiger partial charge in [-0.1, -0.05) is 30.6 Å². The van der Waals surface area contributed by atoms with Crippen LogP contribution in [0.1, 0.15) is 31.8 Å². The number of hydrogen-bond donors (Lipinski definition) is 0. The third-order valence-corrected chi connectivity index (χ3v) is 2.93. The Labute approximate surface area is 111 Å². The molecule has 18 heavy (non-hydrogen) atoms. The predicted molar refractivity (Wildman–Crippen MR) is 70.4 cm³/mol. The quantitative estimate of drug-likeness (QED) is 0.792. The van der Waals surface area contributed by atoms with Crippen LogP contribution in [-0.4, -0.2) is 15.1 Å². The van der Waals surface area contributed by atoms with Gasteiger partial charge in [-0.15, -0.1) is 0 Å². The SMILES string of the molecule is Cc1noc(-c2ccc(CCC(C)C)nc2Cl)n1. The van der Waals surface area contributed by atoms with E-state index in [-0.39, 0.29) is 0 Å². The lowest BCUT2D eigenvalue weighted by atomic mass is 10.1. The van der Waals surface area contributed by atoms with Gasteiger partial charge >= 0.3 is 0 Å². The van der Waals surface area contributed by atoms with Crippen molar-refractivity contribution in [1.29, 1.82) is 0 Å². The maximum Gasteiger partial charge on any atom is 0.261 e. The Bertz CT molecular complexity index is 537. The lowest BCUT2D eigenvalue weighted by Gasteiger charge is -2.05. The maximum absolute atomic E-state index is 6.15. The van der Waals surface area contributed by atoms with E-state index in [1.165, 1.54) is 0 Å². The smallest absolute Gasteiger partial charge is 0.261 e. The maximum atomic E-state index is 6.15. The molecule has 0 fully saturated rings. The van der Waals surface area contributed by atoms with E-state index < -0.39 is 0 Å². The average molecular weight is 266 g/mol. The molecule has 4 nitrogen and oxygen atoms in total. The third-order valence-electron chi connectivity index (χ3n) is 2.64. The number of rotatable bonds is 4. The van der Waals surface area contributed by atoms with Crippen molar-refractivity contribution in [3.63, 3.8) is 0 Å². The summed E-state index contributed by atoms with van der Waals surface area (Å²) in [5, 5.41) is 4.16. The van der Waals surface area contributed by atoms with Gasteiger partial charge in [0.15, 0.2) is 5.82 Å². The highest BCUT2D eigenvalue weighted by Gasteiger charge is 2.12. The first-order chi connectivity index (χ1) is 8.56. The highest BCUT2D eigenvalue weighted by molar-refractivity contribution is 6.31. The molecule has 0 radical (unpaired) electrons. The van der Waals surface area contributed by atoms with E-state index >= 15 is 0 Å². The number of nitrogens with zero attached hydrogens (tertiary/aromatic N) is 3. The molecule has 0 atom stereocenters. The van der Waals surface area contributed by atoms with Gasteiger partial charge in [-0.3, -0.25) is 0 Å². The molecule has 2 aromatic heterocycles. The van der Waals surface area contributed by atoms with E-state index in [0.29, 0.717) is 28.3 Å². The van der Waals surface area contributed by atoms with E-state index in [9.17, 15) is 0 Å². The van der Waals surface area contributed by atoms with Crippen molar-refractivity contribution in [2.45, 2.75) is 33.6 Å². The van der Waals surface area contributed by atoms with Gasteiger partial charge in [0.1, 0.15) is 5.15 Å². The van der Waals surface area contributed by atoms with Crippen LogP contribution in [0.3, 0.4) is 0 Å². The van der Waals surface area contributed by atoms with Gasteiger partial charge in [-0.05, 0) is 37.8 Å². The fraction of sp³-hybridized carbons (Fsp3) is 0.462. The molecule has 0 aliphatic rings. The van der Waals surface area contributed by atoms with E-state index in [0.717, 1.165) is 18.5 Å². The number of halogens is 1. The minimum absolute atomic E-state index is 0.417. The van der Waals surface area contributed by atoms with Crippen LogP contribution >= 0.6 is 11.6 Å². The van der Waals surface area contributed by atoms with Crippen LogP contribution in [0.4, 0.5) is 0 Å². The Kier molecular flexibility index (Phi) is 3.97. The molecule has 0 aliphatic heterocycles. The topological polar surface area (TPSA) is 51.8 Å². The summed E-state index contributed by atoms with van der Waals surface area (Å²) >= 11 is 6.15. The highest BCUT2D eigenvalue weighted by atomic mass is 35.5. The van der Waals surface area contributed by atoms with Crippen LogP contribution in [0.2, 0.25) is 5.15 Å². The zero-order chi connectivity index (χ0) is 13.1. The Morgan fingerprint density at radius 2 is 2.06 bits per heavy atom. The van der Waals surface area contributed by atoms with E-state index in [1.54, 1.807) is 6.92 Å². The molecule has 0 amide bonds. The fourth-order valence-electron chi connectivity index (χ4n) is 1.61. The second-order valence-electron chi connectivity index (χ2n) is 4.72. The molecule has 0 bridgehead atoms. The zero-order valence-corrected chi connectivity index (χ0v) is 11.5. The summed E-state index contributed by atoms with van der Waals surface area (Å²) in [5.41, 5.74) is 1.68. The minimum atomic E-state index is 0.417. The second-order valence-corrected chi connectivity index (χ2v) is 5.08. The molecule has 0 aromatic carbocycles. The molecule has 2 rings (SSSR count). The van der Waals surface area contributed by atoms with Crippen molar-refractivity contribution < 1.29 is 4.52 Å². The predicted octanol–water partition coefficient (Wildman–Crippen LogP) is 3.68. The minimum Gasteiger partial charge on any atom is -0.334 e. The van der Waals surface area contributed by atoms with Crippen molar-refractivity contribution in [3.8, 4) is 11.5 Å². The summed E-state index contributed by atoms with van der Waals surface area (Å²) in [6.07, 6.45) is 2.03. The summed E-state index contributed by atoms with van der Waals surface area (Å²) < 4.78 is 5.08. The van der Waals surface area contributed by atoms with Crippen molar-refractivity contribution in [3.05, 3.63) is 28.8 Å². The second kappa shape index (κ2) is 5.48. The Balaban J connectivity index is 2.20. The Morgan fingerprint density at radius 1 is 1.28 bits per heavy atom. The van der Waals surface area contributed by atoms with Crippen LogP contribution in [0.15, 0.2) is 16.7 Å². The third kappa shape index (κ3) is 3.07. The molecule has 0 spiro atoms. The van der Waals surface area contributed by atoms with Gasteiger partial charge < -0.3 is 4.52 Å². The zero-order valence-electron chi connectivity index (χ0n) is 10.8. The number of aromatic nitrogens is 3. The van der Waals surface area contributed by atoms with Crippen molar-refractivity contribution in [2.75, 3.05) is 0 Å². The lowest BCUT2D eigenvalue weighted by Crippen LogP contribution is -1.96. The van der Waals surface area contributed by atoms with Gasteiger partial charge in [0.2, 0.25) is 0 Å². The van der Waals surface area contributed by atoms with Gasteiger partial charge in [0, 0.05) is 5.69 Å². The van der Waals surface area contributed by atoms with E-state index in [2.05, 4.69) is 29.0 Å². The van der Waals surface area contributed by atoms with Gasteiger partial charge in [0.25, 0.3) is 5.89 Å². The van der Waals surface area contributed by atoms with Crippen LogP contribution in [-0.2, 0) is 6.42 Å². The Hall–Kier alpha value is -1.42. The fourth-order valence-corrected chi connectivity index (χ4v) is 1.87. The Morgan fingerprint density at radius 3 is 2.61 bits per heavy atom. The van der Waals surface area contributed by atoms with Crippen molar-refractivity contribution >= 4 is 11.6 Å². The van der Waals surface area contributed by atoms with Crippen molar-refractivity contribution in [2.24, 2.45) is 5.92 Å². The van der Waals surface area contributed by atoms with Crippen LogP contribution in [0.25, 0.3) is 11.5 Å². The number of hydrogen-bond acceptors (Lipinski definition) is 4. The van der Waals surface area contributed by atoms with Gasteiger partial charge in [-0.25, -0.2) is 4.98 Å². The first kappa shape index (κ1) is 13.0. The summed E-state index contributed by atoms with van der Waals surface area (Å²) in [7, 11) is 0. The number of pyridine rings is 1. The van der Waals surface area contributed by atoms with Crippen molar-refractivity contribution in [1.82, 2.24) is 15.1 Å². The van der Waals surface area contributed by atoms with Gasteiger partial charge in [0.05, 0.1) is 5.56 Å². The van der Waals surface area contributed by atoms with Crippen LogP contribution in [0, 0.1) is 12.8 Å². The summed E-state index contributed by atoms with van der Waals surface area (Å²) in [4.78, 5) is 8.51. The van der Waals surface area contributed by atoms with Crippen LogP contribution in [0.5, 0.6) is 0 Å². The molecule has 5 heteroatoms. The first-order valence-electron chi connectivity index (χ1n) is 6.02. The molecule has 0 saturated heterocycles. The standard InChI is InChI=1S/C13H16ClN3O/c1-8(2)4-5-10-6-7-11(12(14)16-10)13-15-9(3)17-18-13/h6-8H,4-5H2,1-3H3. The molecule has 2 heterocycles. The molecular weight excluding hydrogens is 250 g/mol. The number of aryl methyl sites for hydroxylation is 2. The molecule has 2 aromatic rings. The van der Waals surface area contributed by atoms with E-state index in [1.807, 2.05) is 12.1 Å². The summed E-state index contributed by atoms with van der Waals surface area (Å²) in [6.45, 7) is 6.15. The molecular formula is C13H16ClN3O. The van der Waals surface area contributed by atoms with Crippen LogP contribution < -0.4 is 0 Å². The highest BCUT2D eigenvalue weighted by Crippen LogP contribution is 2.25. The largest absolute Gasteiger partial charge is 0.334 e. The van der Waals surface area contributed by atoms with E-state index in [4.69, 9.17) is 16.1 Å². The molecule has 96 valence electrons.